The molecule has 0 bridgehead atoms. The van der Waals surface area contributed by atoms with Gasteiger partial charge in [0, 0.05) is 29.2 Å². The number of hydrogen-bond donors (Lipinski definition) is 1. The van der Waals surface area contributed by atoms with Gasteiger partial charge in [-0.15, -0.1) is 4.40 Å². The number of anilines is 2. The second-order valence-electron chi connectivity index (χ2n) is 7.84. The Balaban J connectivity index is 1.33. The Morgan fingerprint density at radius 3 is 2.53 bits per heavy atom. The maximum absolute atomic E-state index is 12.9. The molecule has 172 valence electrons. The van der Waals surface area contributed by atoms with Crippen LogP contribution in [0.5, 0.6) is 5.75 Å². The zero-order valence-electron chi connectivity index (χ0n) is 17.6. The third kappa shape index (κ3) is 4.15. The van der Waals surface area contributed by atoms with E-state index >= 15 is 0 Å². The summed E-state index contributed by atoms with van der Waals surface area (Å²) in [4.78, 5) is 27.0. The second kappa shape index (κ2) is 8.58. The number of hydrogen-bond acceptors (Lipinski definition) is 6. The first-order valence-electron chi connectivity index (χ1n) is 10.4. The van der Waals surface area contributed by atoms with E-state index in [1.54, 1.807) is 66.7 Å². The van der Waals surface area contributed by atoms with E-state index in [0.717, 1.165) is 0 Å². The molecule has 1 N–H and O–H groups in total. The molecule has 1 amide bonds. The lowest BCUT2D eigenvalue weighted by Gasteiger charge is -2.17. The summed E-state index contributed by atoms with van der Waals surface area (Å²) in [5.41, 5.74) is 1.47. The molecule has 2 aliphatic heterocycles. The van der Waals surface area contributed by atoms with Crippen molar-refractivity contribution < 1.29 is 22.7 Å². The van der Waals surface area contributed by atoms with Crippen molar-refractivity contribution >= 4 is 50.7 Å². The Morgan fingerprint density at radius 1 is 1.03 bits per heavy atom. The van der Waals surface area contributed by atoms with E-state index in [-0.39, 0.29) is 35.4 Å². The molecule has 2 heterocycles. The number of carbonyl (C=O) groups excluding carboxylic acids is 2. The van der Waals surface area contributed by atoms with Crippen molar-refractivity contribution in [2.24, 2.45) is 10.3 Å². The second-order valence-corrected chi connectivity index (χ2v) is 9.84. The van der Waals surface area contributed by atoms with Crippen LogP contribution in [-0.2, 0) is 19.6 Å². The van der Waals surface area contributed by atoms with E-state index in [0.29, 0.717) is 22.0 Å². The van der Waals surface area contributed by atoms with Crippen molar-refractivity contribution in [2.75, 3.05) is 16.8 Å². The van der Waals surface area contributed by atoms with Gasteiger partial charge in [-0.1, -0.05) is 35.9 Å². The van der Waals surface area contributed by atoms with Crippen LogP contribution in [0.15, 0.2) is 82.1 Å². The first-order valence-corrected chi connectivity index (χ1v) is 12.2. The minimum Gasteiger partial charge on any atom is -0.424 e. The lowest BCUT2D eigenvalue weighted by Crippen LogP contribution is -2.27. The van der Waals surface area contributed by atoms with Crippen molar-refractivity contribution in [3.8, 4) is 5.75 Å². The number of fused-ring (bicyclic) bond motifs is 1. The average Bonchev–Trinajstić information content (AvgIpc) is 3.33. The Kier molecular flexibility index (Phi) is 5.59. The summed E-state index contributed by atoms with van der Waals surface area (Å²) >= 11 is 5.92. The van der Waals surface area contributed by atoms with Crippen LogP contribution in [0.4, 0.5) is 11.4 Å². The Bertz CT molecular complexity index is 1440. The lowest BCUT2D eigenvalue weighted by atomic mass is 10.1. The average molecular weight is 496 g/mol. The number of sulfonamides is 1. The molecule has 10 heteroatoms. The van der Waals surface area contributed by atoms with Crippen LogP contribution in [0.1, 0.15) is 12.0 Å². The highest BCUT2D eigenvalue weighted by molar-refractivity contribution is 7.90. The van der Waals surface area contributed by atoms with Crippen molar-refractivity contribution in [2.45, 2.75) is 11.3 Å². The maximum atomic E-state index is 12.9. The van der Waals surface area contributed by atoms with Crippen LogP contribution in [0.25, 0.3) is 0 Å². The van der Waals surface area contributed by atoms with Gasteiger partial charge in [0.2, 0.25) is 5.91 Å². The summed E-state index contributed by atoms with van der Waals surface area (Å²) in [6, 6.07) is 19.9. The number of amides is 1. The van der Waals surface area contributed by atoms with Crippen molar-refractivity contribution in [1.29, 1.82) is 0 Å². The predicted octanol–water partition coefficient (Wildman–Crippen LogP) is 3.86. The maximum Gasteiger partial charge on any atom is 0.316 e. The van der Waals surface area contributed by atoms with Gasteiger partial charge in [-0.05, 0) is 48.5 Å². The molecule has 3 aromatic carbocycles. The van der Waals surface area contributed by atoms with Crippen LogP contribution in [-0.4, -0.2) is 32.7 Å². The van der Waals surface area contributed by atoms with Crippen LogP contribution < -0.4 is 15.0 Å². The number of benzene rings is 3. The molecule has 0 radical (unpaired) electrons. The van der Waals surface area contributed by atoms with Gasteiger partial charge in [0.05, 0.1) is 11.6 Å². The van der Waals surface area contributed by atoms with Crippen LogP contribution >= 0.6 is 11.6 Å². The lowest BCUT2D eigenvalue weighted by molar-refractivity contribution is -0.139. The molecule has 1 fully saturated rings. The number of carbonyl (C=O) groups is 2. The third-order valence-corrected chi connectivity index (χ3v) is 7.17. The van der Waals surface area contributed by atoms with E-state index in [9.17, 15) is 18.0 Å². The number of para-hydroxylation sites is 2. The van der Waals surface area contributed by atoms with Gasteiger partial charge < -0.3 is 15.0 Å². The fourth-order valence-electron chi connectivity index (χ4n) is 3.91. The van der Waals surface area contributed by atoms with E-state index < -0.39 is 21.9 Å². The van der Waals surface area contributed by atoms with E-state index in [1.165, 1.54) is 11.0 Å². The molecule has 5 rings (SSSR count). The zero-order chi connectivity index (χ0) is 23.9. The normalized spacial score (nSPS) is 18.4. The molecule has 1 atom stereocenters. The van der Waals surface area contributed by atoms with E-state index in [1.807, 2.05) is 0 Å². The molecule has 2 aliphatic rings. The first-order chi connectivity index (χ1) is 16.3. The summed E-state index contributed by atoms with van der Waals surface area (Å²) in [5.74, 6) is -1.04. The smallest absolute Gasteiger partial charge is 0.316 e. The number of rotatable bonds is 4. The zero-order valence-corrected chi connectivity index (χ0v) is 19.2. The summed E-state index contributed by atoms with van der Waals surface area (Å²) in [7, 11) is -3.80. The Morgan fingerprint density at radius 2 is 1.74 bits per heavy atom. The van der Waals surface area contributed by atoms with Gasteiger partial charge in [-0.25, -0.2) is 0 Å². The number of ether oxygens (including phenoxy) is 1. The number of esters is 1. The standard InChI is InChI=1S/C24H18ClN3O5S/c25-16-9-11-17(12-10-16)28-14-15(13-22(28)29)24(30)33-20-7-3-2-6-19(20)26-23-18-5-1-4-8-21(18)34(31,32)27-23/h1-12,15H,13-14H2,(H,26,27)/t15-/m1/s1. The van der Waals surface area contributed by atoms with Gasteiger partial charge in [0.15, 0.2) is 11.6 Å². The Labute approximate surface area is 200 Å². The molecule has 1 saturated heterocycles. The minimum atomic E-state index is -3.80. The third-order valence-electron chi connectivity index (χ3n) is 5.58. The molecule has 8 nitrogen and oxygen atoms in total. The van der Waals surface area contributed by atoms with Crippen LogP contribution in [0, 0.1) is 5.92 Å². The molecule has 0 spiro atoms. The highest BCUT2D eigenvalue weighted by atomic mass is 35.5. The monoisotopic (exact) mass is 495 g/mol. The van der Waals surface area contributed by atoms with E-state index in [2.05, 4.69) is 9.71 Å². The number of halogens is 1. The van der Waals surface area contributed by atoms with Crippen molar-refractivity contribution in [3.05, 3.63) is 83.4 Å². The summed E-state index contributed by atoms with van der Waals surface area (Å²) in [6.07, 6.45) is 0.0232. The molecule has 0 saturated carbocycles. The largest absolute Gasteiger partial charge is 0.424 e. The van der Waals surface area contributed by atoms with Crippen molar-refractivity contribution in [1.82, 2.24) is 0 Å². The molecule has 34 heavy (non-hydrogen) atoms. The van der Waals surface area contributed by atoms with Crippen molar-refractivity contribution in [3.63, 3.8) is 0 Å². The summed E-state index contributed by atoms with van der Waals surface area (Å²) in [5, 5.41) is 3.52. The molecular weight excluding hydrogens is 478 g/mol. The van der Waals surface area contributed by atoms with Gasteiger partial charge in [0.25, 0.3) is 10.0 Å². The topological polar surface area (TPSA) is 105 Å². The fourth-order valence-corrected chi connectivity index (χ4v) is 5.21. The molecule has 3 aromatic rings. The first kappa shape index (κ1) is 22.1. The SMILES string of the molecule is O=C(Oc1ccccc1NC1=NS(=O)(=O)c2ccccc21)[C@@H]1CC(=O)N(c2ccc(Cl)cc2)C1. The minimum absolute atomic E-state index is 0.0232. The fraction of sp³-hybridized carbons (Fsp3) is 0.125. The Hall–Kier alpha value is -3.69. The van der Waals surface area contributed by atoms with Gasteiger partial charge >= 0.3 is 5.97 Å². The number of nitrogens with one attached hydrogen (secondary N) is 1. The van der Waals surface area contributed by atoms with Gasteiger partial charge in [-0.2, -0.15) is 8.42 Å². The van der Waals surface area contributed by atoms with Crippen LogP contribution in [0.3, 0.4) is 0 Å². The van der Waals surface area contributed by atoms with E-state index in [4.69, 9.17) is 16.3 Å². The molecular formula is C24H18ClN3O5S. The van der Waals surface area contributed by atoms with Crippen LogP contribution in [0.2, 0.25) is 5.02 Å². The summed E-state index contributed by atoms with van der Waals surface area (Å²) < 4.78 is 34.1. The number of amidine groups is 1. The predicted molar refractivity (Wildman–Crippen MR) is 128 cm³/mol. The molecule has 0 aliphatic carbocycles. The van der Waals surface area contributed by atoms with Gasteiger partial charge in [0.1, 0.15) is 4.90 Å². The molecule has 0 unspecified atom stereocenters. The molecule has 0 aromatic heterocycles. The highest BCUT2D eigenvalue weighted by Crippen LogP contribution is 2.32. The summed E-state index contributed by atoms with van der Waals surface area (Å²) in [6.45, 7) is 0.188. The number of nitrogens with zero attached hydrogens (tertiary/aromatic N) is 2. The van der Waals surface area contributed by atoms with Gasteiger partial charge in [-0.3, -0.25) is 9.59 Å². The quantitative estimate of drug-likeness (QED) is 0.435. The highest BCUT2D eigenvalue weighted by Gasteiger charge is 2.37.